The number of ether oxygens (including phenoxy) is 1. The van der Waals surface area contributed by atoms with Gasteiger partial charge in [-0.3, -0.25) is 9.69 Å². The largest absolute Gasteiger partial charge is 0.370 e. The second kappa shape index (κ2) is 2.99. The van der Waals surface area contributed by atoms with Gasteiger partial charge in [0, 0.05) is 26.1 Å². The zero-order chi connectivity index (χ0) is 10.9. The SMILES string of the molecule is CN(C(=O)C1CC1)[C@@H]1[C@H]2[C@@H]3CCN2C[C@@H]1O3. The molecule has 4 heteroatoms. The minimum Gasteiger partial charge on any atom is -0.370 e. The summed E-state index contributed by atoms with van der Waals surface area (Å²) in [5.74, 6) is 0.686. The molecule has 3 saturated heterocycles. The molecule has 88 valence electrons. The molecule has 4 aliphatic rings. The van der Waals surface area contributed by atoms with Crippen molar-refractivity contribution in [3.63, 3.8) is 0 Å². The fourth-order valence-electron chi connectivity index (χ4n) is 3.80. The van der Waals surface area contributed by atoms with Gasteiger partial charge in [-0.05, 0) is 19.3 Å². The summed E-state index contributed by atoms with van der Waals surface area (Å²) in [6.45, 7) is 2.20. The van der Waals surface area contributed by atoms with Crippen LogP contribution in [0.4, 0.5) is 0 Å². The second-order valence-corrected chi connectivity index (χ2v) is 5.70. The molecule has 1 saturated carbocycles. The van der Waals surface area contributed by atoms with E-state index in [4.69, 9.17) is 4.74 Å². The van der Waals surface area contributed by atoms with Crippen LogP contribution in [0, 0.1) is 5.92 Å². The van der Waals surface area contributed by atoms with E-state index in [9.17, 15) is 4.79 Å². The zero-order valence-electron chi connectivity index (χ0n) is 9.63. The van der Waals surface area contributed by atoms with Gasteiger partial charge in [-0.25, -0.2) is 0 Å². The van der Waals surface area contributed by atoms with Crippen LogP contribution in [0.3, 0.4) is 0 Å². The monoisotopic (exact) mass is 222 g/mol. The number of rotatable bonds is 2. The lowest BCUT2D eigenvalue weighted by Gasteiger charge is -2.27. The molecular weight excluding hydrogens is 204 g/mol. The fraction of sp³-hybridized carbons (Fsp3) is 0.917. The van der Waals surface area contributed by atoms with Crippen molar-refractivity contribution in [1.29, 1.82) is 0 Å². The number of carbonyl (C=O) groups excluding carboxylic acids is 1. The van der Waals surface area contributed by atoms with Crippen molar-refractivity contribution >= 4 is 5.91 Å². The van der Waals surface area contributed by atoms with Gasteiger partial charge in [-0.1, -0.05) is 0 Å². The predicted molar refractivity (Wildman–Crippen MR) is 57.9 cm³/mol. The van der Waals surface area contributed by atoms with Crippen molar-refractivity contribution in [3.8, 4) is 0 Å². The normalized spacial score (nSPS) is 45.3. The van der Waals surface area contributed by atoms with Gasteiger partial charge in [0.2, 0.25) is 5.91 Å². The third kappa shape index (κ3) is 1.09. The van der Waals surface area contributed by atoms with E-state index in [1.54, 1.807) is 0 Å². The maximum atomic E-state index is 12.1. The Kier molecular flexibility index (Phi) is 1.76. The van der Waals surface area contributed by atoms with E-state index in [-0.39, 0.29) is 6.10 Å². The molecule has 16 heavy (non-hydrogen) atoms. The number of carbonyl (C=O) groups is 1. The molecule has 1 aliphatic carbocycles. The summed E-state index contributed by atoms with van der Waals surface area (Å²) in [6, 6.07) is 0.832. The van der Waals surface area contributed by atoms with Crippen molar-refractivity contribution < 1.29 is 9.53 Å². The Morgan fingerprint density at radius 1 is 1.31 bits per heavy atom. The summed E-state index contributed by atoms with van der Waals surface area (Å²) in [6.07, 6.45) is 4.03. The Morgan fingerprint density at radius 3 is 2.81 bits per heavy atom. The molecule has 4 atom stereocenters. The van der Waals surface area contributed by atoms with Crippen LogP contribution in [0.25, 0.3) is 0 Å². The van der Waals surface area contributed by atoms with Gasteiger partial charge in [0.1, 0.15) is 0 Å². The Labute approximate surface area is 95.5 Å². The van der Waals surface area contributed by atoms with Gasteiger partial charge in [-0.2, -0.15) is 0 Å². The molecule has 3 heterocycles. The van der Waals surface area contributed by atoms with Gasteiger partial charge in [0.15, 0.2) is 0 Å². The van der Waals surface area contributed by atoms with Crippen LogP contribution in [0.5, 0.6) is 0 Å². The first-order valence-electron chi connectivity index (χ1n) is 6.42. The highest BCUT2D eigenvalue weighted by Gasteiger charge is 2.59. The maximum Gasteiger partial charge on any atom is 0.225 e. The highest BCUT2D eigenvalue weighted by Crippen LogP contribution is 2.43. The second-order valence-electron chi connectivity index (χ2n) is 5.70. The third-order valence-electron chi connectivity index (χ3n) is 4.72. The Hall–Kier alpha value is -0.610. The van der Waals surface area contributed by atoms with E-state index in [2.05, 4.69) is 4.90 Å². The number of amides is 1. The van der Waals surface area contributed by atoms with E-state index < -0.39 is 0 Å². The van der Waals surface area contributed by atoms with Crippen LogP contribution in [0.15, 0.2) is 0 Å². The van der Waals surface area contributed by atoms with Crippen molar-refractivity contribution in [1.82, 2.24) is 9.80 Å². The maximum absolute atomic E-state index is 12.1. The van der Waals surface area contributed by atoms with Crippen molar-refractivity contribution in [3.05, 3.63) is 0 Å². The fourth-order valence-corrected chi connectivity index (χ4v) is 3.80. The molecule has 4 nitrogen and oxygen atoms in total. The van der Waals surface area contributed by atoms with E-state index in [1.807, 2.05) is 11.9 Å². The predicted octanol–water partition coefficient (Wildman–Crippen LogP) is 0.0787. The average Bonchev–Trinajstić information content (AvgIpc) is 2.92. The Balaban J connectivity index is 1.58. The molecule has 3 aliphatic heterocycles. The molecule has 2 bridgehead atoms. The molecule has 0 aromatic rings. The standard InChI is InChI=1S/C12H18N2O2/c1-13(12(15)7-2-3-7)10-9-6-14-5-4-8(16-9)11(10)14/h7-11H,2-6H2,1H3/t8-,9-,10-,11+/m0/s1. The first-order chi connectivity index (χ1) is 7.75. The van der Waals surface area contributed by atoms with E-state index in [1.165, 1.54) is 0 Å². The zero-order valence-corrected chi connectivity index (χ0v) is 9.63. The molecule has 4 fully saturated rings. The van der Waals surface area contributed by atoms with Crippen LogP contribution in [-0.4, -0.2) is 60.1 Å². The molecule has 0 spiro atoms. The molecule has 1 amide bonds. The van der Waals surface area contributed by atoms with Crippen LogP contribution >= 0.6 is 0 Å². The summed E-state index contributed by atoms with van der Waals surface area (Å²) >= 11 is 0. The first kappa shape index (κ1) is 9.42. The number of fused-ring (bicyclic) bond motifs is 1. The highest BCUT2D eigenvalue weighted by atomic mass is 16.5. The summed E-state index contributed by atoms with van der Waals surface area (Å²) in [4.78, 5) is 16.6. The lowest BCUT2D eigenvalue weighted by Crippen LogP contribution is -2.46. The van der Waals surface area contributed by atoms with Gasteiger partial charge in [0.05, 0.1) is 24.3 Å². The summed E-state index contributed by atoms with van der Waals surface area (Å²) < 4.78 is 6.00. The quantitative estimate of drug-likeness (QED) is 0.663. The van der Waals surface area contributed by atoms with Gasteiger partial charge in [0.25, 0.3) is 0 Å². The Bertz CT molecular complexity index is 328. The molecule has 0 unspecified atom stereocenters. The van der Waals surface area contributed by atoms with Crippen LogP contribution in [-0.2, 0) is 9.53 Å². The van der Waals surface area contributed by atoms with Gasteiger partial charge < -0.3 is 9.64 Å². The Morgan fingerprint density at radius 2 is 2.12 bits per heavy atom. The summed E-state index contributed by atoms with van der Waals surface area (Å²) in [5, 5.41) is 0. The molecule has 4 rings (SSSR count). The van der Waals surface area contributed by atoms with Crippen molar-refractivity contribution in [2.45, 2.75) is 43.6 Å². The van der Waals surface area contributed by atoms with Crippen LogP contribution < -0.4 is 0 Å². The number of morpholine rings is 1. The minimum absolute atomic E-state index is 0.283. The smallest absolute Gasteiger partial charge is 0.225 e. The number of hydrogen-bond acceptors (Lipinski definition) is 3. The molecular formula is C12H18N2O2. The van der Waals surface area contributed by atoms with Gasteiger partial charge >= 0.3 is 0 Å². The van der Waals surface area contributed by atoms with Crippen LogP contribution in [0.2, 0.25) is 0 Å². The van der Waals surface area contributed by atoms with E-state index in [0.29, 0.717) is 30.0 Å². The molecule has 0 N–H and O–H groups in total. The molecule has 0 aromatic carbocycles. The van der Waals surface area contributed by atoms with E-state index >= 15 is 0 Å². The molecule has 0 radical (unpaired) electrons. The lowest BCUT2D eigenvalue weighted by atomic mass is 10.0. The van der Waals surface area contributed by atoms with Crippen molar-refractivity contribution in [2.75, 3.05) is 20.1 Å². The molecule has 0 aromatic heterocycles. The van der Waals surface area contributed by atoms with Crippen molar-refractivity contribution in [2.24, 2.45) is 5.92 Å². The number of nitrogens with zero attached hydrogens (tertiary/aromatic N) is 2. The first-order valence-corrected chi connectivity index (χ1v) is 6.42. The minimum atomic E-state index is 0.283. The third-order valence-corrected chi connectivity index (χ3v) is 4.72. The average molecular weight is 222 g/mol. The number of likely N-dealkylation sites (N-methyl/N-ethyl adjacent to an activating group) is 1. The van der Waals surface area contributed by atoms with Gasteiger partial charge in [-0.15, -0.1) is 0 Å². The lowest BCUT2D eigenvalue weighted by molar-refractivity contribution is -0.134. The van der Waals surface area contributed by atoms with E-state index in [0.717, 1.165) is 32.4 Å². The van der Waals surface area contributed by atoms with Crippen LogP contribution in [0.1, 0.15) is 19.3 Å². The summed E-state index contributed by atoms with van der Waals surface area (Å²) in [5.41, 5.74) is 0. The summed E-state index contributed by atoms with van der Waals surface area (Å²) in [7, 11) is 1.98. The number of hydrogen-bond donors (Lipinski definition) is 0. The topological polar surface area (TPSA) is 32.8 Å². The highest BCUT2D eigenvalue weighted by molar-refractivity contribution is 5.81.